The van der Waals surface area contributed by atoms with Gasteiger partial charge in [-0.1, -0.05) is 121 Å². The summed E-state index contributed by atoms with van der Waals surface area (Å²) in [7, 11) is -2.99. The average Bonchev–Trinajstić information content (AvgIpc) is 3.02. The Hall–Kier alpha value is -4.51. The van der Waals surface area contributed by atoms with E-state index in [2.05, 4.69) is 155 Å². The molecule has 0 N–H and O–H groups in total. The smallest absolute Gasteiger partial charge is 0.341 e. The maximum atomic E-state index is 2.76. The minimum atomic E-state index is -2.99. The van der Waals surface area contributed by atoms with Crippen LogP contribution in [0.25, 0.3) is 22.3 Å². The molecule has 3 heterocycles. The maximum Gasteiger partial charge on any atom is 0.341 e. The molecule has 4 heteroatoms. The normalized spacial score (nSPS) is 15.0. The molecule has 0 unspecified atom stereocenters. The first kappa shape index (κ1) is 22.3. The number of hydrogen-bond donors (Lipinski definition) is 0. The molecule has 9 rings (SSSR count). The monoisotopic (exact) mass is 544 g/mol. The molecule has 0 radical (unpaired) electrons. The van der Waals surface area contributed by atoms with Gasteiger partial charge in [-0.05, 0) is 57.9 Å². The number of fused-ring (bicyclic) bond motifs is 12. The molecule has 0 amide bonds. The predicted octanol–water partition coefficient (Wildman–Crippen LogP) is 8.35. The first-order chi connectivity index (χ1) is 19.9. The average molecular weight is 545 g/mol. The largest absolute Gasteiger partial charge is 0.342 e. The Morgan fingerprint density at radius 3 is 1.18 bits per heavy atom. The highest BCUT2D eigenvalue weighted by atomic mass is 32.2. The van der Waals surface area contributed by atoms with Gasteiger partial charge in [-0.3, -0.25) is 0 Å². The van der Waals surface area contributed by atoms with E-state index in [4.69, 9.17) is 0 Å². The highest BCUT2D eigenvalue weighted by molar-refractivity contribution is 7.99. The summed E-state index contributed by atoms with van der Waals surface area (Å²) in [5.41, 5.74) is 10.4. The molecule has 0 aliphatic carbocycles. The van der Waals surface area contributed by atoms with E-state index in [9.17, 15) is 0 Å². The van der Waals surface area contributed by atoms with Crippen molar-refractivity contribution >= 4 is 53.3 Å². The summed E-state index contributed by atoms with van der Waals surface area (Å²) >= 11 is 1.88. The number of hydrogen-bond acceptors (Lipinski definition) is 3. The van der Waals surface area contributed by atoms with Crippen LogP contribution in [-0.4, -0.2) is 8.40 Å². The van der Waals surface area contributed by atoms with Crippen molar-refractivity contribution in [3.8, 4) is 22.3 Å². The van der Waals surface area contributed by atoms with Gasteiger partial charge in [0, 0.05) is 43.7 Å². The van der Waals surface area contributed by atoms with Crippen molar-refractivity contribution in [2.45, 2.75) is 9.79 Å². The first-order valence-corrected chi connectivity index (χ1v) is 16.4. The van der Waals surface area contributed by atoms with Crippen LogP contribution in [0.3, 0.4) is 0 Å². The van der Waals surface area contributed by atoms with Crippen LogP contribution < -0.4 is 19.5 Å². The van der Waals surface area contributed by atoms with Crippen LogP contribution in [-0.2, 0) is 0 Å². The number of benzene rings is 6. The summed E-state index contributed by atoms with van der Waals surface area (Å²) in [5, 5.41) is 2.85. The molecule has 0 aromatic heterocycles. The Morgan fingerprint density at radius 2 is 0.700 bits per heavy atom. The second kappa shape index (κ2) is 8.24. The van der Waals surface area contributed by atoms with Gasteiger partial charge < -0.3 is 9.13 Å². The molecule has 188 valence electrons. The van der Waals surface area contributed by atoms with Crippen molar-refractivity contribution in [2.24, 2.45) is 0 Å². The van der Waals surface area contributed by atoms with Gasteiger partial charge in [-0.25, -0.2) is 0 Å². The Balaban J connectivity index is 1.57. The van der Waals surface area contributed by atoms with Gasteiger partial charge >= 0.3 is 8.40 Å². The second-order valence-corrected chi connectivity index (χ2v) is 14.9. The summed E-state index contributed by atoms with van der Waals surface area (Å²) in [6, 6.07) is 54.3. The standard InChI is InChI=1S/C36H24N2SSi/c1-5-17-29-25(13-1)27-15-3-11-23-35(27)40-36-24-12-4-16-28(36)26-14-2-6-18-30(26)38(40)32-20-8-10-22-34(32)39-33-21-9-7-19-31(33)37(29)40/h1-24H. The molecule has 3 aliphatic heterocycles. The molecule has 1 spiro atoms. The van der Waals surface area contributed by atoms with E-state index >= 15 is 0 Å². The van der Waals surface area contributed by atoms with Crippen LogP contribution in [0.4, 0.5) is 22.7 Å². The minimum Gasteiger partial charge on any atom is -0.342 e. The van der Waals surface area contributed by atoms with Gasteiger partial charge in [0.2, 0.25) is 0 Å². The molecule has 6 aromatic carbocycles. The van der Waals surface area contributed by atoms with Gasteiger partial charge in [0.25, 0.3) is 0 Å². The van der Waals surface area contributed by atoms with E-state index < -0.39 is 8.40 Å². The van der Waals surface area contributed by atoms with E-state index in [1.54, 1.807) is 0 Å². The zero-order chi connectivity index (χ0) is 26.3. The quantitative estimate of drug-likeness (QED) is 0.178. The van der Waals surface area contributed by atoms with Crippen LogP contribution in [0.5, 0.6) is 0 Å². The molecule has 2 nitrogen and oxygen atoms in total. The van der Waals surface area contributed by atoms with E-state index in [1.165, 1.54) is 65.2 Å². The lowest BCUT2D eigenvalue weighted by Gasteiger charge is -2.57. The van der Waals surface area contributed by atoms with E-state index in [-0.39, 0.29) is 0 Å². The van der Waals surface area contributed by atoms with Crippen molar-refractivity contribution in [1.29, 1.82) is 0 Å². The second-order valence-electron chi connectivity index (χ2n) is 10.5. The van der Waals surface area contributed by atoms with Crippen LogP contribution >= 0.6 is 11.8 Å². The van der Waals surface area contributed by atoms with Crippen LogP contribution in [0.15, 0.2) is 155 Å². The lowest BCUT2D eigenvalue weighted by molar-refractivity contribution is 1.17. The number of para-hydroxylation sites is 4. The Labute approximate surface area is 239 Å². The lowest BCUT2D eigenvalue weighted by Crippen LogP contribution is -2.81. The van der Waals surface area contributed by atoms with Gasteiger partial charge in [0.1, 0.15) is 0 Å². The van der Waals surface area contributed by atoms with Crippen molar-refractivity contribution in [3.05, 3.63) is 146 Å². The molecular formula is C36H24N2SSi. The topological polar surface area (TPSA) is 6.48 Å². The number of nitrogens with zero attached hydrogens (tertiary/aromatic N) is 2. The molecule has 0 saturated carbocycles. The molecule has 0 bridgehead atoms. The molecule has 3 aliphatic rings. The first-order valence-electron chi connectivity index (χ1n) is 13.7. The third-order valence-electron chi connectivity index (χ3n) is 8.55. The molecule has 6 aromatic rings. The fourth-order valence-electron chi connectivity index (χ4n) is 7.10. The van der Waals surface area contributed by atoms with E-state index in [1.807, 2.05) is 11.8 Å². The van der Waals surface area contributed by atoms with Gasteiger partial charge in [0.15, 0.2) is 0 Å². The highest BCUT2D eigenvalue weighted by Crippen LogP contribution is 2.56. The third-order valence-corrected chi connectivity index (χ3v) is 14.3. The van der Waals surface area contributed by atoms with Gasteiger partial charge in [-0.2, -0.15) is 0 Å². The molecule has 0 fully saturated rings. The number of anilines is 4. The van der Waals surface area contributed by atoms with Crippen LogP contribution in [0.2, 0.25) is 0 Å². The summed E-state index contributed by atoms with van der Waals surface area (Å²) in [6.45, 7) is 0. The Bertz CT molecular complexity index is 1840. The molecule has 0 saturated heterocycles. The fraction of sp³-hybridized carbons (Fsp3) is 0. The zero-order valence-corrected chi connectivity index (χ0v) is 23.5. The van der Waals surface area contributed by atoms with Crippen molar-refractivity contribution in [1.82, 2.24) is 0 Å². The summed E-state index contributed by atoms with van der Waals surface area (Å²) in [6.07, 6.45) is 0. The maximum absolute atomic E-state index is 2.99. The molecule has 0 atom stereocenters. The SMILES string of the molecule is c1ccc2c(c1)Sc1ccccc1N1c3ccccc3-c3ccccc3[Si]13c1ccccc1-c1ccccc1N23. The van der Waals surface area contributed by atoms with E-state index in [0.717, 1.165) is 0 Å². The molecular weight excluding hydrogens is 521 g/mol. The lowest BCUT2D eigenvalue weighted by atomic mass is 10.0. The van der Waals surface area contributed by atoms with Crippen LogP contribution in [0, 0.1) is 0 Å². The summed E-state index contributed by atoms with van der Waals surface area (Å²) in [4.78, 5) is 2.57. The van der Waals surface area contributed by atoms with Gasteiger partial charge in [0.05, 0.1) is 0 Å². The zero-order valence-electron chi connectivity index (χ0n) is 21.7. The fourth-order valence-corrected chi connectivity index (χ4v) is 13.8. The third kappa shape index (κ3) is 2.74. The number of rotatable bonds is 0. The Morgan fingerprint density at radius 1 is 0.350 bits per heavy atom. The summed E-state index contributed by atoms with van der Waals surface area (Å²) in [5.74, 6) is 0. The highest BCUT2D eigenvalue weighted by Gasteiger charge is 2.59. The molecule has 40 heavy (non-hydrogen) atoms. The van der Waals surface area contributed by atoms with Crippen molar-refractivity contribution < 1.29 is 0 Å². The van der Waals surface area contributed by atoms with Gasteiger partial charge in [-0.15, -0.1) is 0 Å². The van der Waals surface area contributed by atoms with Crippen LogP contribution in [0.1, 0.15) is 0 Å². The minimum absolute atomic E-state index is 1.27. The summed E-state index contributed by atoms with van der Waals surface area (Å²) < 4.78 is 5.52. The predicted molar refractivity (Wildman–Crippen MR) is 170 cm³/mol. The Kier molecular flexibility index (Phi) is 4.60. The van der Waals surface area contributed by atoms with E-state index in [0.29, 0.717) is 0 Å². The van der Waals surface area contributed by atoms with Crippen molar-refractivity contribution in [3.63, 3.8) is 0 Å². The van der Waals surface area contributed by atoms with Crippen molar-refractivity contribution in [2.75, 3.05) is 9.13 Å².